The molecular weight excluding hydrogens is 311 g/mol. The highest BCUT2D eigenvalue weighted by Gasteiger charge is 2.47. The van der Waals surface area contributed by atoms with Crippen LogP contribution < -0.4 is 10.1 Å². The lowest BCUT2D eigenvalue weighted by Gasteiger charge is -2.25. The summed E-state index contributed by atoms with van der Waals surface area (Å²) in [7, 11) is 0. The van der Waals surface area contributed by atoms with E-state index in [2.05, 4.69) is 10.1 Å². The van der Waals surface area contributed by atoms with Gasteiger partial charge in [-0.05, 0) is 43.4 Å². The summed E-state index contributed by atoms with van der Waals surface area (Å²) in [5, 5.41) is 3.01. The number of carbonyl (C=O) groups is 1. The van der Waals surface area contributed by atoms with Crippen LogP contribution in [0.1, 0.15) is 31.2 Å². The van der Waals surface area contributed by atoms with Gasteiger partial charge in [0.05, 0.1) is 5.54 Å². The van der Waals surface area contributed by atoms with Gasteiger partial charge >= 0.3 is 6.36 Å². The minimum Gasteiger partial charge on any atom is -0.406 e. The summed E-state index contributed by atoms with van der Waals surface area (Å²) in [6.45, 7) is 1.14. The fraction of sp³-hybridized carbons (Fsp3) is 0.562. The number of halogens is 3. The number of hydrogen-bond acceptors (Lipinski definition) is 3. The second kappa shape index (κ2) is 6.03. The number of carbonyl (C=O) groups excluding carboxylic acids is 1. The van der Waals surface area contributed by atoms with Crippen molar-refractivity contribution in [1.29, 1.82) is 0 Å². The molecule has 2 aliphatic rings. The van der Waals surface area contributed by atoms with Gasteiger partial charge in [0.25, 0.3) is 0 Å². The quantitative estimate of drug-likeness (QED) is 0.923. The molecule has 0 unspecified atom stereocenters. The Morgan fingerprint density at radius 1 is 1.26 bits per heavy atom. The van der Waals surface area contributed by atoms with Gasteiger partial charge in [0.2, 0.25) is 5.91 Å². The minimum atomic E-state index is -4.72. The SMILES string of the molecule is O=C(NC1(c2cccc(OC(F)(F)F)c2)CC1)C1CCOCC1. The van der Waals surface area contributed by atoms with E-state index in [0.29, 0.717) is 31.6 Å². The maximum atomic E-state index is 12.4. The van der Waals surface area contributed by atoms with E-state index in [-0.39, 0.29) is 17.6 Å². The molecule has 0 radical (unpaired) electrons. The van der Waals surface area contributed by atoms with E-state index in [1.165, 1.54) is 18.2 Å². The highest BCUT2D eigenvalue weighted by atomic mass is 19.4. The summed E-state index contributed by atoms with van der Waals surface area (Å²) in [5.41, 5.74) is 0.0973. The van der Waals surface area contributed by atoms with Crippen LogP contribution in [0.15, 0.2) is 24.3 Å². The second-order valence-electron chi connectivity index (χ2n) is 6.03. The van der Waals surface area contributed by atoms with E-state index in [1.807, 2.05) is 0 Å². The third kappa shape index (κ3) is 3.96. The molecule has 3 rings (SSSR count). The largest absolute Gasteiger partial charge is 0.573 e. The van der Waals surface area contributed by atoms with Gasteiger partial charge < -0.3 is 14.8 Å². The first-order valence-electron chi connectivity index (χ1n) is 7.64. The normalized spacial score (nSPS) is 20.8. The van der Waals surface area contributed by atoms with Crippen molar-refractivity contribution in [3.05, 3.63) is 29.8 Å². The summed E-state index contributed by atoms with van der Waals surface area (Å²) in [6.07, 6.45) is -1.92. The molecule has 1 amide bonds. The van der Waals surface area contributed by atoms with Crippen molar-refractivity contribution in [2.45, 2.75) is 37.6 Å². The third-order valence-electron chi connectivity index (χ3n) is 4.32. The lowest BCUT2D eigenvalue weighted by Crippen LogP contribution is -2.40. The molecule has 1 aliphatic heterocycles. The number of rotatable bonds is 4. The van der Waals surface area contributed by atoms with Gasteiger partial charge in [0, 0.05) is 19.1 Å². The zero-order valence-electron chi connectivity index (χ0n) is 12.5. The highest BCUT2D eigenvalue weighted by Crippen LogP contribution is 2.46. The average molecular weight is 329 g/mol. The van der Waals surface area contributed by atoms with Gasteiger partial charge in [-0.3, -0.25) is 4.79 Å². The average Bonchev–Trinajstić information content (AvgIpc) is 3.27. The van der Waals surface area contributed by atoms with Crippen molar-refractivity contribution in [2.24, 2.45) is 5.92 Å². The molecule has 1 saturated carbocycles. The topological polar surface area (TPSA) is 47.6 Å². The molecule has 126 valence electrons. The Bertz CT molecular complexity index is 578. The first-order chi connectivity index (χ1) is 10.9. The number of amides is 1. The predicted octanol–water partition coefficient (Wildman–Crippen LogP) is 3.12. The molecular formula is C16H18F3NO3. The minimum absolute atomic E-state index is 0.0482. The van der Waals surface area contributed by atoms with Crippen LogP contribution in [0, 0.1) is 5.92 Å². The van der Waals surface area contributed by atoms with E-state index >= 15 is 0 Å². The summed E-state index contributed by atoms with van der Waals surface area (Å²) in [4.78, 5) is 12.4. The van der Waals surface area contributed by atoms with E-state index in [4.69, 9.17) is 4.74 Å². The first kappa shape index (κ1) is 16.1. The molecule has 7 heteroatoms. The fourth-order valence-electron chi connectivity index (χ4n) is 2.90. The Kier molecular flexibility index (Phi) is 4.23. The Morgan fingerprint density at radius 3 is 2.57 bits per heavy atom. The molecule has 1 heterocycles. The van der Waals surface area contributed by atoms with E-state index in [1.54, 1.807) is 6.07 Å². The van der Waals surface area contributed by atoms with Crippen molar-refractivity contribution in [3.8, 4) is 5.75 Å². The molecule has 0 spiro atoms. The Labute approximate surface area is 132 Å². The molecule has 4 nitrogen and oxygen atoms in total. The zero-order valence-corrected chi connectivity index (χ0v) is 12.5. The molecule has 23 heavy (non-hydrogen) atoms. The highest BCUT2D eigenvalue weighted by molar-refractivity contribution is 5.80. The van der Waals surface area contributed by atoms with Crippen LogP contribution in [0.2, 0.25) is 0 Å². The molecule has 1 aromatic rings. The number of benzene rings is 1. The van der Waals surface area contributed by atoms with Gasteiger partial charge in [0.15, 0.2) is 0 Å². The van der Waals surface area contributed by atoms with Gasteiger partial charge in [-0.1, -0.05) is 12.1 Å². The van der Waals surface area contributed by atoms with Crippen LogP contribution in [0.4, 0.5) is 13.2 Å². The van der Waals surface area contributed by atoms with E-state index < -0.39 is 11.9 Å². The van der Waals surface area contributed by atoms with Crippen molar-refractivity contribution < 1.29 is 27.4 Å². The molecule has 0 atom stereocenters. The van der Waals surface area contributed by atoms with Gasteiger partial charge in [-0.25, -0.2) is 0 Å². The molecule has 2 fully saturated rings. The van der Waals surface area contributed by atoms with E-state index in [0.717, 1.165) is 12.8 Å². The fourth-order valence-corrected chi connectivity index (χ4v) is 2.90. The van der Waals surface area contributed by atoms with Crippen LogP contribution in [-0.4, -0.2) is 25.5 Å². The lowest BCUT2D eigenvalue weighted by atomic mass is 9.97. The summed E-state index contributed by atoms with van der Waals surface area (Å²) >= 11 is 0. The zero-order chi connectivity index (χ0) is 16.5. The summed E-state index contributed by atoms with van der Waals surface area (Å²) in [6, 6.07) is 5.84. The van der Waals surface area contributed by atoms with Crippen molar-refractivity contribution in [2.75, 3.05) is 13.2 Å². The van der Waals surface area contributed by atoms with Crippen LogP contribution in [0.5, 0.6) is 5.75 Å². The van der Waals surface area contributed by atoms with Gasteiger partial charge in [-0.15, -0.1) is 13.2 Å². The smallest absolute Gasteiger partial charge is 0.406 e. The molecule has 0 bridgehead atoms. The Morgan fingerprint density at radius 2 is 1.96 bits per heavy atom. The molecule has 0 aromatic heterocycles. The maximum absolute atomic E-state index is 12.4. The number of hydrogen-bond donors (Lipinski definition) is 1. The van der Waals surface area contributed by atoms with Crippen molar-refractivity contribution >= 4 is 5.91 Å². The monoisotopic (exact) mass is 329 g/mol. The number of nitrogens with one attached hydrogen (secondary N) is 1. The van der Waals surface area contributed by atoms with Crippen LogP contribution in [0.25, 0.3) is 0 Å². The Balaban J connectivity index is 1.70. The van der Waals surface area contributed by atoms with Crippen molar-refractivity contribution in [3.63, 3.8) is 0 Å². The standard InChI is InChI=1S/C16H18F3NO3/c17-16(18,19)23-13-3-1-2-12(10-13)15(6-7-15)20-14(21)11-4-8-22-9-5-11/h1-3,10-11H,4-9H2,(H,20,21). The lowest BCUT2D eigenvalue weighted by molar-refractivity contribution is -0.274. The summed E-state index contributed by atoms with van der Waals surface area (Å²) in [5.74, 6) is -0.398. The van der Waals surface area contributed by atoms with Gasteiger partial charge in [0.1, 0.15) is 5.75 Å². The first-order valence-corrected chi connectivity index (χ1v) is 7.64. The summed E-state index contributed by atoms with van der Waals surface area (Å²) < 4.78 is 46.2. The number of ether oxygens (including phenoxy) is 2. The third-order valence-corrected chi connectivity index (χ3v) is 4.32. The predicted molar refractivity (Wildman–Crippen MR) is 75.7 cm³/mol. The van der Waals surface area contributed by atoms with Crippen LogP contribution in [-0.2, 0) is 15.1 Å². The van der Waals surface area contributed by atoms with Crippen molar-refractivity contribution in [1.82, 2.24) is 5.32 Å². The molecule has 1 saturated heterocycles. The molecule has 1 aromatic carbocycles. The van der Waals surface area contributed by atoms with Crippen LogP contribution in [0.3, 0.4) is 0 Å². The molecule has 1 aliphatic carbocycles. The Hall–Kier alpha value is -1.76. The maximum Gasteiger partial charge on any atom is 0.573 e. The second-order valence-corrected chi connectivity index (χ2v) is 6.03. The van der Waals surface area contributed by atoms with Crippen LogP contribution >= 0.6 is 0 Å². The van der Waals surface area contributed by atoms with Gasteiger partial charge in [-0.2, -0.15) is 0 Å². The number of alkyl halides is 3. The van der Waals surface area contributed by atoms with E-state index in [9.17, 15) is 18.0 Å². The molecule has 1 N–H and O–H groups in total.